The summed E-state index contributed by atoms with van der Waals surface area (Å²) in [6, 6.07) is 0. The lowest BCUT2D eigenvalue weighted by molar-refractivity contribution is -0.112. The highest BCUT2D eigenvalue weighted by Crippen LogP contribution is 2.67. The second-order valence-electron chi connectivity index (χ2n) is 5.94. The summed E-state index contributed by atoms with van der Waals surface area (Å²) in [6.45, 7) is 12.3. The zero-order valence-electron chi connectivity index (χ0n) is 9.80. The van der Waals surface area contributed by atoms with Crippen LogP contribution < -0.4 is 0 Å². The molecule has 0 aromatic carbocycles. The first-order valence-corrected chi connectivity index (χ1v) is 6.02. The summed E-state index contributed by atoms with van der Waals surface area (Å²) < 4.78 is 0. The van der Waals surface area contributed by atoms with E-state index in [9.17, 15) is 0 Å². The number of hydrogen-bond donors (Lipinski definition) is 0. The Kier molecular flexibility index (Phi) is 2.02. The minimum atomic E-state index is 0.675. The molecule has 2 fully saturated rings. The van der Waals surface area contributed by atoms with Crippen molar-refractivity contribution in [2.75, 3.05) is 0 Å². The third-order valence-electron chi connectivity index (χ3n) is 5.57. The van der Waals surface area contributed by atoms with Gasteiger partial charge in [0.05, 0.1) is 0 Å². The quantitative estimate of drug-likeness (QED) is 0.573. The topological polar surface area (TPSA) is 0 Å². The molecule has 2 rings (SSSR count). The minimum absolute atomic E-state index is 0.675. The average Bonchev–Trinajstić information content (AvgIpc) is 2.37. The first kappa shape index (κ1) is 9.55. The fraction of sp³-hybridized carbons (Fsp3) is 1.00. The molecule has 0 heterocycles. The van der Waals surface area contributed by atoms with Gasteiger partial charge in [-0.1, -0.05) is 41.0 Å². The van der Waals surface area contributed by atoms with E-state index in [1.54, 1.807) is 0 Å². The Morgan fingerprint density at radius 2 is 1.77 bits per heavy atom. The summed E-state index contributed by atoms with van der Waals surface area (Å²) in [7, 11) is 0. The lowest BCUT2D eigenvalue weighted by Crippen LogP contribution is -2.54. The maximum atomic E-state index is 2.52. The maximum Gasteiger partial charge on any atom is -0.0266 e. The van der Waals surface area contributed by atoms with Crippen molar-refractivity contribution < 1.29 is 0 Å². The van der Waals surface area contributed by atoms with Gasteiger partial charge in [0, 0.05) is 0 Å². The predicted molar refractivity (Wildman–Crippen MR) is 57.5 cm³/mol. The van der Waals surface area contributed by atoms with E-state index in [0.717, 1.165) is 29.6 Å². The van der Waals surface area contributed by atoms with Crippen molar-refractivity contribution in [2.24, 2.45) is 35.0 Å². The summed E-state index contributed by atoms with van der Waals surface area (Å²) in [5.74, 6) is 5.06. The van der Waals surface area contributed by atoms with Crippen molar-refractivity contribution in [1.82, 2.24) is 0 Å². The SMILES string of the molecule is CCC1(C)C(C)C2C(C)CC(C)C21. The van der Waals surface area contributed by atoms with Crippen molar-refractivity contribution in [2.45, 2.75) is 47.5 Å². The molecule has 0 aromatic heterocycles. The molecule has 0 heteroatoms. The highest BCUT2D eigenvalue weighted by molar-refractivity contribution is 5.09. The highest BCUT2D eigenvalue weighted by Gasteiger charge is 2.61. The van der Waals surface area contributed by atoms with Crippen LogP contribution in [-0.2, 0) is 0 Å². The van der Waals surface area contributed by atoms with Gasteiger partial charge in [-0.15, -0.1) is 0 Å². The first-order valence-electron chi connectivity index (χ1n) is 6.02. The van der Waals surface area contributed by atoms with Crippen LogP contribution in [0.3, 0.4) is 0 Å². The number of rotatable bonds is 1. The van der Waals surface area contributed by atoms with Gasteiger partial charge in [0.2, 0.25) is 0 Å². The van der Waals surface area contributed by atoms with Crippen LogP contribution in [-0.4, -0.2) is 0 Å². The van der Waals surface area contributed by atoms with Crippen LogP contribution in [0, 0.1) is 35.0 Å². The fourth-order valence-electron chi connectivity index (χ4n) is 4.70. The molecule has 13 heavy (non-hydrogen) atoms. The van der Waals surface area contributed by atoms with Crippen LogP contribution in [0.25, 0.3) is 0 Å². The Labute approximate surface area is 83.1 Å². The minimum Gasteiger partial charge on any atom is -0.0648 e. The average molecular weight is 180 g/mol. The summed E-state index contributed by atoms with van der Waals surface area (Å²) in [4.78, 5) is 0. The molecule has 76 valence electrons. The van der Waals surface area contributed by atoms with Crippen LogP contribution in [0.1, 0.15) is 47.5 Å². The third kappa shape index (κ3) is 0.980. The van der Waals surface area contributed by atoms with Gasteiger partial charge in [0.15, 0.2) is 0 Å². The van der Waals surface area contributed by atoms with E-state index in [0.29, 0.717) is 5.41 Å². The number of hydrogen-bond acceptors (Lipinski definition) is 0. The van der Waals surface area contributed by atoms with Crippen LogP contribution in [0.5, 0.6) is 0 Å². The van der Waals surface area contributed by atoms with Crippen LogP contribution >= 0.6 is 0 Å². The van der Waals surface area contributed by atoms with E-state index >= 15 is 0 Å². The van der Waals surface area contributed by atoms with Crippen LogP contribution in [0.15, 0.2) is 0 Å². The van der Waals surface area contributed by atoms with Crippen LogP contribution in [0.4, 0.5) is 0 Å². The van der Waals surface area contributed by atoms with Gasteiger partial charge in [-0.2, -0.15) is 0 Å². The molecule has 6 unspecified atom stereocenters. The van der Waals surface area contributed by atoms with E-state index in [2.05, 4.69) is 34.6 Å². The highest BCUT2D eigenvalue weighted by atomic mass is 14.7. The normalized spacial score (nSPS) is 60.2. The second kappa shape index (κ2) is 2.74. The monoisotopic (exact) mass is 180 g/mol. The molecule has 0 aliphatic heterocycles. The zero-order valence-corrected chi connectivity index (χ0v) is 9.80. The fourth-order valence-corrected chi connectivity index (χ4v) is 4.70. The van der Waals surface area contributed by atoms with E-state index < -0.39 is 0 Å². The molecule has 2 saturated carbocycles. The lowest BCUT2D eigenvalue weighted by Gasteiger charge is -2.59. The lowest BCUT2D eigenvalue weighted by atomic mass is 9.46. The van der Waals surface area contributed by atoms with Crippen molar-refractivity contribution >= 4 is 0 Å². The Morgan fingerprint density at radius 3 is 2.31 bits per heavy atom. The van der Waals surface area contributed by atoms with E-state index in [4.69, 9.17) is 0 Å². The van der Waals surface area contributed by atoms with Crippen LogP contribution in [0.2, 0.25) is 0 Å². The molecule has 0 N–H and O–H groups in total. The van der Waals surface area contributed by atoms with Crippen molar-refractivity contribution in [3.05, 3.63) is 0 Å². The summed E-state index contributed by atoms with van der Waals surface area (Å²) in [5, 5.41) is 0. The maximum absolute atomic E-state index is 2.52. The zero-order chi connectivity index (χ0) is 9.80. The molecule has 0 nitrogen and oxygen atoms in total. The Bertz CT molecular complexity index is 208. The van der Waals surface area contributed by atoms with Gasteiger partial charge >= 0.3 is 0 Å². The smallest absolute Gasteiger partial charge is 0.0266 e. The van der Waals surface area contributed by atoms with E-state index in [1.165, 1.54) is 12.8 Å². The Morgan fingerprint density at radius 1 is 1.15 bits per heavy atom. The van der Waals surface area contributed by atoms with Crippen molar-refractivity contribution in [1.29, 1.82) is 0 Å². The molecule has 0 radical (unpaired) electrons. The summed E-state index contributed by atoms with van der Waals surface area (Å²) in [5.41, 5.74) is 0.675. The van der Waals surface area contributed by atoms with Gasteiger partial charge in [-0.3, -0.25) is 0 Å². The molecule has 0 aromatic rings. The largest absolute Gasteiger partial charge is 0.0648 e. The second-order valence-corrected chi connectivity index (χ2v) is 5.94. The van der Waals surface area contributed by atoms with E-state index in [-0.39, 0.29) is 0 Å². The molecular formula is C13H24. The standard InChI is InChI=1S/C13H24/c1-6-13(5)10(4)11-8(2)7-9(3)12(11)13/h8-12H,6-7H2,1-5H3. The van der Waals surface area contributed by atoms with Gasteiger partial charge in [-0.25, -0.2) is 0 Å². The molecule has 0 saturated heterocycles. The summed E-state index contributed by atoms with van der Waals surface area (Å²) >= 11 is 0. The van der Waals surface area contributed by atoms with Gasteiger partial charge in [0.1, 0.15) is 0 Å². The Balaban J connectivity index is 2.22. The molecule has 0 spiro atoms. The summed E-state index contributed by atoms with van der Waals surface area (Å²) in [6.07, 6.45) is 2.86. The van der Waals surface area contributed by atoms with Crippen molar-refractivity contribution in [3.8, 4) is 0 Å². The van der Waals surface area contributed by atoms with Crippen molar-refractivity contribution in [3.63, 3.8) is 0 Å². The molecule has 6 atom stereocenters. The van der Waals surface area contributed by atoms with Gasteiger partial charge in [-0.05, 0) is 41.4 Å². The molecular weight excluding hydrogens is 156 g/mol. The molecule has 0 amide bonds. The number of fused-ring (bicyclic) bond motifs is 1. The van der Waals surface area contributed by atoms with Gasteiger partial charge in [0.25, 0.3) is 0 Å². The first-order chi connectivity index (χ1) is 6.02. The van der Waals surface area contributed by atoms with E-state index in [1.807, 2.05) is 0 Å². The predicted octanol–water partition coefficient (Wildman–Crippen LogP) is 3.96. The molecule has 2 aliphatic carbocycles. The molecule has 0 bridgehead atoms. The molecule has 2 aliphatic rings. The Hall–Kier alpha value is 0. The van der Waals surface area contributed by atoms with Gasteiger partial charge < -0.3 is 0 Å². The third-order valence-corrected chi connectivity index (χ3v) is 5.57.